The lowest BCUT2D eigenvalue weighted by atomic mass is 9.95. The van der Waals surface area contributed by atoms with Gasteiger partial charge in [0.1, 0.15) is 11.5 Å². The lowest BCUT2D eigenvalue weighted by Crippen LogP contribution is -2.30. The van der Waals surface area contributed by atoms with E-state index in [1.54, 1.807) is 48.8 Å². The summed E-state index contributed by atoms with van der Waals surface area (Å²) < 4.78 is 5.53. The number of anilines is 1. The molecule has 33 heavy (non-hydrogen) atoms. The molecule has 1 fully saturated rings. The third-order valence-electron chi connectivity index (χ3n) is 5.78. The lowest BCUT2D eigenvalue weighted by Gasteiger charge is -2.27. The molecule has 1 unspecified atom stereocenters. The summed E-state index contributed by atoms with van der Waals surface area (Å²) in [7, 11) is 0. The number of Topliss-reactive ketones (excluding diaryl/α,β-unsaturated/α-hetero) is 1. The van der Waals surface area contributed by atoms with Gasteiger partial charge in [-0.2, -0.15) is 0 Å². The number of halogens is 1. The van der Waals surface area contributed by atoms with E-state index in [4.69, 9.17) is 16.3 Å². The zero-order valence-corrected chi connectivity index (χ0v) is 19.3. The predicted molar refractivity (Wildman–Crippen MR) is 128 cm³/mol. The van der Waals surface area contributed by atoms with Crippen molar-refractivity contribution in [1.29, 1.82) is 0 Å². The van der Waals surface area contributed by atoms with Crippen molar-refractivity contribution < 1.29 is 19.4 Å². The Morgan fingerprint density at radius 1 is 1.15 bits per heavy atom. The number of ether oxygens (including phenoxy) is 1. The van der Waals surface area contributed by atoms with Crippen LogP contribution in [0.4, 0.5) is 5.69 Å². The second kappa shape index (κ2) is 9.08. The van der Waals surface area contributed by atoms with E-state index in [0.29, 0.717) is 34.2 Å². The van der Waals surface area contributed by atoms with E-state index in [1.165, 1.54) is 4.90 Å². The first-order chi connectivity index (χ1) is 15.8. The quantitative estimate of drug-likeness (QED) is 0.313. The monoisotopic (exact) mass is 462 g/mol. The molecule has 7 heteroatoms. The number of hydrogen-bond donors (Lipinski definition) is 1. The maximum Gasteiger partial charge on any atom is 0.300 e. The fourth-order valence-electron chi connectivity index (χ4n) is 4.00. The maximum atomic E-state index is 13.3. The maximum absolute atomic E-state index is 13.3. The van der Waals surface area contributed by atoms with Crippen LogP contribution >= 0.6 is 11.6 Å². The number of aliphatic hydroxyl groups excluding tert-OH is 1. The molecule has 2 aromatic carbocycles. The molecule has 1 aliphatic heterocycles. The van der Waals surface area contributed by atoms with Crippen LogP contribution in [0, 0.1) is 13.8 Å². The molecule has 1 aliphatic rings. The number of aryl methyl sites for hydroxylation is 1. The van der Waals surface area contributed by atoms with Gasteiger partial charge in [0.05, 0.1) is 23.2 Å². The molecule has 1 aromatic heterocycles. The van der Waals surface area contributed by atoms with E-state index in [9.17, 15) is 14.7 Å². The van der Waals surface area contributed by atoms with Crippen LogP contribution in [-0.4, -0.2) is 28.4 Å². The molecule has 1 amide bonds. The molecule has 2 heterocycles. The Morgan fingerprint density at radius 3 is 2.64 bits per heavy atom. The molecule has 1 atom stereocenters. The van der Waals surface area contributed by atoms with E-state index >= 15 is 0 Å². The number of aromatic nitrogens is 1. The molecular weight excluding hydrogens is 440 g/mol. The van der Waals surface area contributed by atoms with Gasteiger partial charge in [0.15, 0.2) is 0 Å². The van der Waals surface area contributed by atoms with Crippen LogP contribution in [-0.2, 0) is 9.59 Å². The van der Waals surface area contributed by atoms with Gasteiger partial charge >= 0.3 is 0 Å². The summed E-state index contributed by atoms with van der Waals surface area (Å²) in [4.78, 5) is 32.2. The fourth-order valence-corrected chi connectivity index (χ4v) is 4.18. The van der Waals surface area contributed by atoms with Crippen LogP contribution in [0.2, 0.25) is 5.02 Å². The first kappa shape index (κ1) is 22.6. The second-order valence-electron chi connectivity index (χ2n) is 7.75. The van der Waals surface area contributed by atoms with Crippen molar-refractivity contribution in [2.24, 2.45) is 0 Å². The Labute approximate surface area is 197 Å². The van der Waals surface area contributed by atoms with Crippen molar-refractivity contribution in [2.75, 3.05) is 11.5 Å². The number of aliphatic hydroxyl groups is 1. The van der Waals surface area contributed by atoms with Crippen molar-refractivity contribution in [2.45, 2.75) is 26.8 Å². The van der Waals surface area contributed by atoms with Gasteiger partial charge in [-0.05, 0) is 67.8 Å². The third kappa shape index (κ3) is 3.98. The number of carbonyl (C=O) groups is 2. The molecule has 0 radical (unpaired) electrons. The largest absolute Gasteiger partial charge is 0.507 e. The smallest absolute Gasteiger partial charge is 0.300 e. The summed E-state index contributed by atoms with van der Waals surface area (Å²) in [6.07, 6.45) is 3.20. The van der Waals surface area contributed by atoms with Crippen LogP contribution in [0.25, 0.3) is 5.76 Å². The first-order valence-electron chi connectivity index (χ1n) is 10.5. The fraction of sp³-hybridized carbons (Fsp3) is 0.192. The summed E-state index contributed by atoms with van der Waals surface area (Å²) in [5, 5.41) is 11.7. The van der Waals surface area contributed by atoms with Crippen LogP contribution in [0.1, 0.15) is 35.2 Å². The summed E-state index contributed by atoms with van der Waals surface area (Å²) >= 11 is 6.19. The number of carbonyl (C=O) groups excluding carboxylic acids is 2. The summed E-state index contributed by atoms with van der Waals surface area (Å²) in [5.74, 6) is -1.40. The highest BCUT2D eigenvalue weighted by Crippen LogP contribution is 2.43. The zero-order valence-electron chi connectivity index (χ0n) is 18.5. The molecular formula is C26H23ClN2O4. The Kier molecular flexibility index (Phi) is 6.20. The summed E-state index contributed by atoms with van der Waals surface area (Å²) in [6.45, 7) is 6.05. The van der Waals surface area contributed by atoms with Crippen molar-refractivity contribution in [3.05, 3.63) is 93.8 Å². The molecule has 0 spiro atoms. The van der Waals surface area contributed by atoms with E-state index in [-0.39, 0.29) is 11.3 Å². The average Bonchev–Trinajstić information content (AvgIpc) is 3.08. The van der Waals surface area contributed by atoms with Crippen LogP contribution in [0.5, 0.6) is 5.75 Å². The van der Waals surface area contributed by atoms with Gasteiger partial charge in [0, 0.05) is 23.6 Å². The van der Waals surface area contributed by atoms with Gasteiger partial charge in [-0.3, -0.25) is 19.5 Å². The van der Waals surface area contributed by atoms with Crippen LogP contribution in [0.3, 0.4) is 0 Å². The van der Waals surface area contributed by atoms with Gasteiger partial charge < -0.3 is 9.84 Å². The Balaban J connectivity index is 1.95. The third-order valence-corrected chi connectivity index (χ3v) is 6.10. The number of benzene rings is 2. The van der Waals surface area contributed by atoms with Crippen LogP contribution in [0.15, 0.2) is 66.5 Å². The standard InChI is InChI=1S/C26H23ClN2O4/c1-4-33-21-13-17(10-11-19(21)27)24(30)22-23(18-8-6-12-28-14-18)29(26(32)25(22)31)20-9-5-7-15(2)16(20)3/h5-14,23,30H,4H2,1-3H3/b24-22+. The number of pyridine rings is 1. The van der Waals surface area contributed by atoms with Crippen molar-refractivity contribution in [1.82, 2.24) is 4.98 Å². The summed E-state index contributed by atoms with van der Waals surface area (Å²) in [5.41, 5.74) is 3.39. The van der Waals surface area contributed by atoms with Crippen molar-refractivity contribution >= 4 is 34.7 Å². The molecule has 1 N–H and O–H groups in total. The van der Waals surface area contributed by atoms with Gasteiger partial charge in [0.2, 0.25) is 0 Å². The van der Waals surface area contributed by atoms with Gasteiger partial charge in [-0.15, -0.1) is 0 Å². The predicted octanol–water partition coefficient (Wildman–Crippen LogP) is 5.38. The highest BCUT2D eigenvalue weighted by molar-refractivity contribution is 6.51. The highest BCUT2D eigenvalue weighted by atomic mass is 35.5. The van der Waals surface area contributed by atoms with Crippen molar-refractivity contribution in [3.8, 4) is 5.75 Å². The number of amides is 1. The molecule has 1 saturated heterocycles. The van der Waals surface area contributed by atoms with Crippen molar-refractivity contribution in [3.63, 3.8) is 0 Å². The topological polar surface area (TPSA) is 79.7 Å². The molecule has 6 nitrogen and oxygen atoms in total. The van der Waals surface area contributed by atoms with E-state index in [1.807, 2.05) is 32.9 Å². The first-order valence-corrected chi connectivity index (χ1v) is 10.9. The minimum Gasteiger partial charge on any atom is -0.507 e. The van der Waals surface area contributed by atoms with Gasteiger partial charge in [-0.25, -0.2) is 0 Å². The summed E-state index contributed by atoms with van der Waals surface area (Å²) in [6, 6.07) is 13.0. The molecule has 4 rings (SSSR count). The van der Waals surface area contributed by atoms with Gasteiger partial charge in [0.25, 0.3) is 11.7 Å². The average molecular weight is 463 g/mol. The van der Waals surface area contributed by atoms with E-state index < -0.39 is 17.7 Å². The van der Waals surface area contributed by atoms with Gasteiger partial charge in [-0.1, -0.05) is 29.8 Å². The van der Waals surface area contributed by atoms with E-state index in [2.05, 4.69) is 4.98 Å². The van der Waals surface area contributed by atoms with E-state index in [0.717, 1.165) is 11.1 Å². The minimum absolute atomic E-state index is 0.0151. The number of rotatable bonds is 5. The Morgan fingerprint density at radius 2 is 1.94 bits per heavy atom. The SMILES string of the molecule is CCOc1cc(/C(O)=C2\C(=O)C(=O)N(c3cccc(C)c3C)C2c2cccnc2)ccc1Cl. The molecule has 168 valence electrons. The number of ketones is 1. The molecule has 0 bridgehead atoms. The molecule has 0 saturated carbocycles. The second-order valence-corrected chi connectivity index (χ2v) is 8.16. The zero-order chi connectivity index (χ0) is 23.7. The molecule has 3 aromatic rings. The molecule has 0 aliphatic carbocycles. The lowest BCUT2D eigenvalue weighted by molar-refractivity contribution is -0.132. The van der Waals surface area contributed by atoms with Crippen LogP contribution < -0.4 is 9.64 Å². The highest BCUT2D eigenvalue weighted by Gasteiger charge is 2.47. The Bertz CT molecular complexity index is 1270. The number of nitrogens with zero attached hydrogens (tertiary/aromatic N) is 2. The Hall–Kier alpha value is -3.64. The number of hydrogen-bond acceptors (Lipinski definition) is 5. The normalized spacial score (nSPS) is 17.5. The minimum atomic E-state index is -0.842.